The van der Waals surface area contributed by atoms with Crippen LogP contribution in [-0.2, 0) is 0 Å². The first kappa shape index (κ1) is 12.0. The Morgan fingerprint density at radius 2 is 1.63 bits per heavy atom. The molecule has 0 aliphatic heterocycles. The number of pyridine rings is 1. The minimum absolute atomic E-state index is 0.602. The molecule has 1 radical (unpaired) electrons. The molecule has 1 heterocycles. The van der Waals surface area contributed by atoms with Gasteiger partial charge in [-0.05, 0) is 24.3 Å². The Bertz CT molecular complexity index is 668. The number of rotatable bonds is 4. The zero-order valence-corrected chi connectivity index (χ0v) is 11.3. The Morgan fingerprint density at radius 1 is 0.789 bits per heavy atom. The molecule has 2 aromatic carbocycles. The Morgan fingerprint density at radius 3 is 2.53 bits per heavy atom. The first-order valence-electron chi connectivity index (χ1n) is 5.97. The van der Waals surface area contributed by atoms with E-state index in [-0.39, 0.29) is 0 Å². The van der Waals surface area contributed by atoms with Crippen molar-refractivity contribution in [2.75, 3.05) is 0 Å². The number of aromatic nitrogens is 1. The maximum absolute atomic E-state index is 5.72. The minimum Gasteiger partial charge on any atom is -0.616 e. The second-order valence-corrected chi connectivity index (χ2v) is 4.64. The van der Waals surface area contributed by atoms with Crippen molar-refractivity contribution in [3.63, 3.8) is 0 Å². The van der Waals surface area contributed by atoms with Crippen molar-refractivity contribution in [1.29, 1.82) is 0 Å². The molecule has 0 aliphatic carbocycles. The zero-order valence-electron chi connectivity index (χ0n) is 10.2. The third kappa shape index (κ3) is 2.87. The van der Waals surface area contributed by atoms with Crippen LogP contribution in [0.5, 0.6) is 11.5 Å². The molecule has 4 heteroatoms. The van der Waals surface area contributed by atoms with Gasteiger partial charge in [-0.2, -0.15) is 0 Å². The van der Waals surface area contributed by atoms with Gasteiger partial charge < -0.3 is 7.58 Å². The quantitative estimate of drug-likeness (QED) is 0.678. The average molecular weight is 264 g/mol. The van der Waals surface area contributed by atoms with Crippen LogP contribution in [0.4, 0.5) is 0 Å². The van der Waals surface area contributed by atoms with Crippen LogP contribution in [0.15, 0.2) is 66.9 Å². The molecule has 0 atom stereocenters. The van der Waals surface area contributed by atoms with Gasteiger partial charge in [-0.15, -0.1) is 0 Å². The molecule has 3 nitrogen and oxygen atoms in total. The van der Waals surface area contributed by atoms with E-state index in [9.17, 15) is 0 Å². The highest BCUT2D eigenvalue weighted by Gasteiger charge is 2.08. The topological polar surface area (TPSA) is 31.4 Å². The van der Waals surface area contributed by atoms with Crippen molar-refractivity contribution in [2.45, 2.75) is 0 Å². The standard InChI is InChI=1S/C9H7NO.C6H6O.Al/c11-8-5-1-3-7-4-2-6-10-9(7)8;7-6-4-2-1-3-5-6;/h1-6,11H;1-5,7H;/q;;+2/p-2. The highest BCUT2D eigenvalue weighted by molar-refractivity contribution is 6.21. The second kappa shape index (κ2) is 5.75. The van der Waals surface area contributed by atoms with E-state index in [1.165, 1.54) is 0 Å². The summed E-state index contributed by atoms with van der Waals surface area (Å²) in [5.74, 6) is 1.59. The molecule has 91 valence electrons. The van der Waals surface area contributed by atoms with Crippen LogP contribution < -0.4 is 7.58 Å². The molecule has 0 spiro atoms. The molecule has 0 amide bonds. The lowest BCUT2D eigenvalue weighted by molar-refractivity contribution is 0.461. The van der Waals surface area contributed by atoms with Crippen molar-refractivity contribution in [3.8, 4) is 11.5 Å². The molecule has 3 aromatic rings. The fourth-order valence-corrected chi connectivity index (χ4v) is 2.41. The average Bonchev–Trinajstić information content (AvgIpc) is 2.49. The van der Waals surface area contributed by atoms with Gasteiger partial charge in [0.25, 0.3) is 0 Å². The molecule has 0 aliphatic rings. The molecule has 0 fully saturated rings. The number of benzene rings is 2. The Labute approximate surface area is 118 Å². The predicted molar refractivity (Wildman–Crippen MR) is 75.2 cm³/mol. The molecule has 0 saturated heterocycles. The number of hydrogen-bond donors (Lipinski definition) is 0. The van der Waals surface area contributed by atoms with Crippen LogP contribution in [0, 0.1) is 0 Å². The summed E-state index contributed by atoms with van der Waals surface area (Å²) in [6.45, 7) is 0. The van der Waals surface area contributed by atoms with Gasteiger partial charge in [-0.1, -0.05) is 36.4 Å². The molecule has 19 heavy (non-hydrogen) atoms. The van der Waals surface area contributed by atoms with Gasteiger partial charge in [0.2, 0.25) is 0 Å². The maximum Gasteiger partial charge on any atom is 0.881 e. The predicted octanol–water partition coefficient (Wildman–Crippen LogP) is 3.23. The SMILES string of the molecule is c1ccc([O][Al][O]c2cccc3cccnc23)cc1. The van der Waals surface area contributed by atoms with Crippen molar-refractivity contribution < 1.29 is 7.58 Å². The van der Waals surface area contributed by atoms with Gasteiger partial charge in [0.1, 0.15) is 11.3 Å². The van der Waals surface area contributed by atoms with Crippen molar-refractivity contribution >= 4 is 26.8 Å². The summed E-state index contributed by atoms with van der Waals surface area (Å²) in [5.41, 5.74) is 0.870. The summed E-state index contributed by atoms with van der Waals surface area (Å²) in [4.78, 5) is 4.34. The van der Waals surface area contributed by atoms with E-state index in [4.69, 9.17) is 7.58 Å². The molecule has 0 unspecified atom stereocenters. The monoisotopic (exact) mass is 264 g/mol. The smallest absolute Gasteiger partial charge is 0.616 e. The summed E-state index contributed by atoms with van der Waals surface area (Å²) in [6.07, 6.45) is 1.77. The molecular weight excluding hydrogens is 253 g/mol. The lowest BCUT2D eigenvalue weighted by Crippen LogP contribution is -2.11. The minimum atomic E-state index is -0.602. The molecule has 0 bridgehead atoms. The van der Waals surface area contributed by atoms with Crippen LogP contribution in [0.2, 0.25) is 0 Å². The Kier molecular flexibility index (Phi) is 3.64. The lowest BCUT2D eigenvalue weighted by Gasteiger charge is -2.09. The van der Waals surface area contributed by atoms with Gasteiger partial charge in [0.15, 0.2) is 0 Å². The van der Waals surface area contributed by atoms with Gasteiger partial charge in [-0.25, -0.2) is 0 Å². The van der Waals surface area contributed by atoms with Crippen LogP contribution in [0.25, 0.3) is 10.9 Å². The number of nitrogens with zero attached hydrogens (tertiary/aromatic N) is 1. The summed E-state index contributed by atoms with van der Waals surface area (Å²) < 4.78 is 11.3. The van der Waals surface area contributed by atoms with E-state index in [0.29, 0.717) is 0 Å². The van der Waals surface area contributed by atoms with E-state index in [1.54, 1.807) is 6.20 Å². The van der Waals surface area contributed by atoms with E-state index >= 15 is 0 Å². The Balaban J connectivity index is 1.72. The van der Waals surface area contributed by atoms with Crippen LogP contribution in [0.1, 0.15) is 0 Å². The van der Waals surface area contributed by atoms with Crippen molar-refractivity contribution in [1.82, 2.24) is 4.98 Å². The molecule has 1 aromatic heterocycles. The number of para-hydroxylation sites is 2. The highest BCUT2D eigenvalue weighted by Crippen LogP contribution is 2.22. The molecule has 0 saturated carbocycles. The van der Waals surface area contributed by atoms with Crippen molar-refractivity contribution in [3.05, 3.63) is 66.9 Å². The van der Waals surface area contributed by atoms with E-state index < -0.39 is 15.9 Å². The first-order valence-corrected chi connectivity index (χ1v) is 6.91. The summed E-state index contributed by atoms with van der Waals surface area (Å²) in [5, 5.41) is 1.07. The van der Waals surface area contributed by atoms with Gasteiger partial charge >= 0.3 is 15.9 Å². The zero-order chi connectivity index (χ0) is 12.9. The molecular formula is C15H11AlNO2. The van der Waals surface area contributed by atoms with Crippen LogP contribution in [-0.4, -0.2) is 20.9 Å². The fraction of sp³-hybridized carbons (Fsp3) is 0. The fourth-order valence-electron chi connectivity index (χ4n) is 1.80. The third-order valence-corrected chi connectivity index (χ3v) is 3.42. The summed E-state index contributed by atoms with van der Waals surface area (Å²) in [7, 11) is 0. The molecule has 0 N–H and O–H groups in total. The van der Waals surface area contributed by atoms with Gasteiger partial charge in [-0.3, -0.25) is 4.98 Å². The lowest BCUT2D eigenvalue weighted by atomic mass is 10.2. The van der Waals surface area contributed by atoms with Crippen LogP contribution in [0.3, 0.4) is 0 Å². The second-order valence-electron chi connectivity index (χ2n) is 3.98. The number of fused-ring (bicyclic) bond motifs is 1. The van der Waals surface area contributed by atoms with Gasteiger partial charge in [0, 0.05) is 11.6 Å². The van der Waals surface area contributed by atoms with E-state index in [2.05, 4.69) is 4.98 Å². The third-order valence-electron chi connectivity index (χ3n) is 2.70. The van der Waals surface area contributed by atoms with Crippen molar-refractivity contribution in [2.24, 2.45) is 0 Å². The summed E-state index contributed by atoms with van der Waals surface area (Å²) >= 11 is -0.602. The normalized spacial score (nSPS) is 10.1. The maximum atomic E-state index is 5.72. The van der Waals surface area contributed by atoms with E-state index in [0.717, 1.165) is 22.4 Å². The van der Waals surface area contributed by atoms with Gasteiger partial charge in [0.05, 0.1) is 5.75 Å². The number of hydrogen-bond acceptors (Lipinski definition) is 3. The largest absolute Gasteiger partial charge is 0.881 e. The Hall–Kier alpha value is -2.02. The molecule has 3 rings (SSSR count). The van der Waals surface area contributed by atoms with E-state index in [1.807, 2.05) is 60.7 Å². The first-order chi connectivity index (χ1) is 9.43. The summed E-state index contributed by atoms with van der Waals surface area (Å²) in [6, 6.07) is 19.5. The highest BCUT2D eigenvalue weighted by atomic mass is 27.2. The van der Waals surface area contributed by atoms with Crippen LogP contribution >= 0.6 is 0 Å².